The minimum atomic E-state index is -4.36. The molecule has 1 aliphatic rings. The maximum Gasteiger partial charge on any atom is 0.414 e. The van der Waals surface area contributed by atoms with Crippen LogP contribution in [0, 0.1) is 0 Å². The Morgan fingerprint density at radius 3 is 2.52 bits per heavy atom. The highest BCUT2D eigenvalue weighted by atomic mass is 19.4. The Bertz CT molecular complexity index is 479. The predicted molar refractivity (Wildman–Crippen MR) is 70.7 cm³/mol. The number of hydrogen-bond acceptors (Lipinski definition) is 4. The zero-order chi connectivity index (χ0) is 15.5. The third-order valence-corrected chi connectivity index (χ3v) is 3.29. The summed E-state index contributed by atoms with van der Waals surface area (Å²) in [5.41, 5.74) is 0.788. The van der Waals surface area contributed by atoms with Crippen molar-refractivity contribution in [2.24, 2.45) is 0 Å². The Balaban J connectivity index is 2.04. The Hall–Kier alpha value is -1.47. The molecule has 21 heavy (non-hydrogen) atoms. The number of alkyl halides is 3. The molecular formula is C14H18F3NO3. The molecule has 0 fully saturated rings. The van der Waals surface area contributed by atoms with E-state index in [-0.39, 0.29) is 12.6 Å². The largest absolute Gasteiger partial charge is 0.486 e. The van der Waals surface area contributed by atoms with Crippen molar-refractivity contribution in [2.75, 3.05) is 26.9 Å². The highest BCUT2D eigenvalue weighted by Gasteiger charge is 2.37. The molecule has 0 saturated carbocycles. The second-order valence-corrected chi connectivity index (χ2v) is 4.76. The summed E-state index contributed by atoms with van der Waals surface area (Å²) in [5, 5.41) is 2.94. The van der Waals surface area contributed by atoms with E-state index >= 15 is 0 Å². The van der Waals surface area contributed by atoms with E-state index in [1.807, 2.05) is 0 Å². The molecule has 1 aromatic rings. The second-order valence-electron chi connectivity index (χ2n) is 4.76. The van der Waals surface area contributed by atoms with Crippen LogP contribution in [0.2, 0.25) is 0 Å². The maximum atomic E-state index is 12.4. The maximum absolute atomic E-state index is 12.4. The van der Waals surface area contributed by atoms with Crippen LogP contribution in [0.25, 0.3) is 0 Å². The van der Waals surface area contributed by atoms with E-state index in [2.05, 4.69) is 5.32 Å². The quantitative estimate of drug-likeness (QED) is 0.908. The molecule has 118 valence electrons. The van der Waals surface area contributed by atoms with Crippen molar-refractivity contribution in [3.8, 4) is 11.5 Å². The molecule has 4 nitrogen and oxygen atoms in total. The number of hydrogen-bond donors (Lipinski definition) is 1. The van der Waals surface area contributed by atoms with Gasteiger partial charge in [-0.25, -0.2) is 0 Å². The van der Waals surface area contributed by atoms with Crippen LogP contribution in [0.5, 0.6) is 11.5 Å². The summed E-state index contributed by atoms with van der Waals surface area (Å²) in [6.45, 7) is 1.86. The van der Waals surface area contributed by atoms with Crippen molar-refractivity contribution >= 4 is 0 Å². The van der Waals surface area contributed by atoms with E-state index in [0.717, 1.165) is 12.5 Å². The van der Waals surface area contributed by atoms with Gasteiger partial charge in [0, 0.05) is 0 Å². The monoisotopic (exact) mass is 305 g/mol. The van der Waals surface area contributed by atoms with Gasteiger partial charge in [-0.1, -0.05) is 6.07 Å². The third-order valence-electron chi connectivity index (χ3n) is 3.29. The van der Waals surface area contributed by atoms with Gasteiger partial charge in [0.1, 0.15) is 13.2 Å². The lowest BCUT2D eigenvalue weighted by atomic mass is 10.1. The second kappa shape index (κ2) is 6.53. The van der Waals surface area contributed by atoms with E-state index in [4.69, 9.17) is 14.2 Å². The van der Waals surface area contributed by atoms with E-state index in [1.54, 1.807) is 25.2 Å². The van der Waals surface area contributed by atoms with Crippen molar-refractivity contribution in [3.05, 3.63) is 23.8 Å². The summed E-state index contributed by atoms with van der Waals surface area (Å²) in [6, 6.07) is 4.94. The Morgan fingerprint density at radius 2 is 1.90 bits per heavy atom. The van der Waals surface area contributed by atoms with Gasteiger partial charge in [-0.3, -0.25) is 0 Å². The normalized spacial score (nSPS) is 17.4. The summed E-state index contributed by atoms with van der Waals surface area (Å²) in [4.78, 5) is 0. The van der Waals surface area contributed by atoms with Gasteiger partial charge < -0.3 is 19.5 Å². The van der Waals surface area contributed by atoms with Crippen LogP contribution in [0.3, 0.4) is 0 Å². The Kier molecular flexibility index (Phi) is 4.95. The van der Waals surface area contributed by atoms with Crippen LogP contribution in [0.15, 0.2) is 18.2 Å². The molecule has 0 saturated heterocycles. The fourth-order valence-corrected chi connectivity index (χ4v) is 1.96. The van der Waals surface area contributed by atoms with Crippen LogP contribution in [0.4, 0.5) is 13.2 Å². The minimum absolute atomic E-state index is 0.0865. The Morgan fingerprint density at radius 1 is 1.24 bits per heavy atom. The van der Waals surface area contributed by atoms with Crippen molar-refractivity contribution in [1.82, 2.24) is 5.32 Å². The number of ether oxygens (including phenoxy) is 3. The first-order chi connectivity index (χ1) is 9.91. The van der Waals surface area contributed by atoms with Crippen LogP contribution in [-0.2, 0) is 4.74 Å². The lowest BCUT2D eigenvalue weighted by molar-refractivity contribution is -0.215. The molecule has 2 atom stereocenters. The molecule has 0 aromatic heterocycles. The van der Waals surface area contributed by atoms with Crippen LogP contribution >= 0.6 is 0 Å². The van der Waals surface area contributed by atoms with Crippen molar-refractivity contribution in [1.29, 1.82) is 0 Å². The highest BCUT2D eigenvalue weighted by Crippen LogP contribution is 2.33. The molecule has 0 bridgehead atoms. The number of benzene rings is 1. The molecule has 0 spiro atoms. The zero-order valence-electron chi connectivity index (χ0n) is 11.9. The minimum Gasteiger partial charge on any atom is -0.486 e. The lowest BCUT2D eigenvalue weighted by Crippen LogP contribution is -2.32. The van der Waals surface area contributed by atoms with Gasteiger partial charge >= 0.3 is 6.18 Å². The molecule has 1 aliphatic heterocycles. The number of likely N-dealkylation sites (N-methyl/N-ethyl adjacent to an activating group) is 1. The van der Waals surface area contributed by atoms with Crippen LogP contribution in [0.1, 0.15) is 18.5 Å². The molecule has 0 amide bonds. The predicted octanol–water partition coefficient (Wildman–Crippen LogP) is 2.69. The van der Waals surface area contributed by atoms with Gasteiger partial charge in [0.25, 0.3) is 0 Å². The van der Waals surface area contributed by atoms with Gasteiger partial charge in [0.15, 0.2) is 17.6 Å². The number of halogens is 3. The Labute approximate surface area is 121 Å². The molecule has 0 aliphatic carbocycles. The molecular weight excluding hydrogens is 287 g/mol. The average molecular weight is 305 g/mol. The first-order valence-electron chi connectivity index (χ1n) is 6.67. The molecule has 2 unspecified atom stereocenters. The summed E-state index contributed by atoms with van der Waals surface area (Å²) in [7, 11) is 1.67. The summed E-state index contributed by atoms with van der Waals surface area (Å²) in [5.74, 6) is 1.24. The summed E-state index contributed by atoms with van der Waals surface area (Å²) >= 11 is 0. The molecule has 2 rings (SSSR count). The van der Waals surface area contributed by atoms with Gasteiger partial charge in [-0.2, -0.15) is 13.2 Å². The number of nitrogens with one attached hydrogen (secondary N) is 1. The topological polar surface area (TPSA) is 39.7 Å². The van der Waals surface area contributed by atoms with Gasteiger partial charge in [0.2, 0.25) is 0 Å². The third kappa shape index (κ3) is 4.01. The highest BCUT2D eigenvalue weighted by molar-refractivity contribution is 5.44. The first kappa shape index (κ1) is 15.9. The van der Waals surface area contributed by atoms with Crippen molar-refractivity contribution < 1.29 is 27.4 Å². The van der Waals surface area contributed by atoms with Crippen LogP contribution in [-0.4, -0.2) is 39.1 Å². The fourth-order valence-electron chi connectivity index (χ4n) is 1.96. The number of rotatable bonds is 5. The summed E-state index contributed by atoms with van der Waals surface area (Å²) in [6.07, 6.45) is -6.16. The number of fused-ring (bicyclic) bond motifs is 1. The van der Waals surface area contributed by atoms with Gasteiger partial charge in [-0.05, 0) is 31.7 Å². The van der Waals surface area contributed by atoms with E-state index in [0.29, 0.717) is 24.7 Å². The van der Waals surface area contributed by atoms with Crippen LogP contribution < -0.4 is 14.8 Å². The first-order valence-corrected chi connectivity index (χ1v) is 6.67. The van der Waals surface area contributed by atoms with E-state index in [1.165, 1.54) is 0 Å². The van der Waals surface area contributed by atoms with Gasteiger partial charge in [0.05, 0.1) is 12.6 Å². The average Bonchev–Trinajstić information content (AvgIpc) is 2.46. The molecule has 1 aromatic carbocycles. The lowest BCUT2D eigenvalue weighted by Gasteiger charge is -2.24. The van der Waals surface area contributed by atoms with Gasteiger partial charge in [-0.15, -0.1) is 0 Å². The smallest absolute Gasteiger partial charge is 0.414 e. The fraction of sp³-hybridized carbons (Fsp3) is 0.571. The SMILES string of the molecule is CNC(COC(C)C(F)(F)F)c1ccc2c(c1)OCCO2. The van der Waals surface area contributed by atoms with Crippen molar-refractivity contribution in [3.63, 3.8) is 0 Å². The van der Waals surface area contributed by atoms with Crippen molar-refractivity contribution in [2.45, 2.75) is 25.2 Å². The summed E-state index contributed by atoms with van der Waals surface area (Å²) < 4.78 is 53.1. The zero-order valence-corrected chi connectivity index (χ0v) is 11.9. The van der Waals surface area contributed by atoms with E-state index < -0.39 is 12.3 Å². The molecule has 0 radical (unpaired) electrons. The molecule has 1 N–H and O–H groups in total. The standard InChI is InChI=1S/C14H18F3NO3/c1-9(14(15,16)17)21-8-11(18-2)10-3-4-12-13(7-10)20-6-5-19-12/h3-4,7,9,11,18H,5-6,8H2,1-2H3. The van der Waals surface area contributed by atoms with E-state index in [9.17, 15) is 13.2 Å². The molecule has 7 heteroatoms. The molecule has 1 heterocycles.